The molecule has 0 radical (unpaired) electrons. The molecule has 6 heteroatoms. The molecule has 2 amide bonds. The van der Waals surface area contributed by atoms with Gasteiger partial charge >= 0.3 is 0 Å². The lowest BCUT2D eigenvalue weighted by molar-refractivity contribution is -0.113. The Hall–Kier alpha value is -2.34. The van der Waals surface area contributed by atoms with E-state index in [4.69, 9.17) is 0 Å². The number of carbonyl (C=O) groups excluding carboxylic acids is 2. The van der Waals surface area contributed by atoms with E-state index < -0.39 is 0 Å². The summed E-state index contributed by atoms with van der Waals surface area (Å²) >= 11 is 1.50. The monoisotopic (exact) mass is 339 g/mol. The third kappa shape index (κ3) is 2.78. The molecule has 0 bridgehead atoms. The molecule has 2 aliphatic rings. The highest BCUT2D eigenvalue weighted by Gasteiger charge is 2.31. The van der Waals surface area contributed by atoms with Crippen LogP contribution in [0, 0.1) is 0 Å². The zero-order valence-corrected chi connectivity index (χ0v) is 13.9. The van der Waals surface area contributed by atoms with E-state index in [9.17, 15) is 9.59 Å². The number of nitrogens with one attached hydrogen (secondary N) is 1. The lowest BCUT2D eigenvalue weighted by atomic mass is 10.1. The van der Waals surface area contributed by atoms with Crippen molar-refractivity contribution in [1.82, 2.24) is 9.88 Å². The Morgan fingerprint density at radius 2 is 2.08 bits per heavy atom. The summed E-state index contributed by atoms with van der Waals surface area (Å²) in [4.78, 5) is 31.5. The van der Waals surface area contributed by atoms with E-state index >= 15 is 0 Å². The van der Waals surface area contributed by atoms with Crippen molar-refractivity contribution in [2.24, 2.45) is 0 Å². The molecule has 1 saturated heterocycles. The van der Waals surface area contributed by atoms with Crippen molar-refractivity contribution in [3.05, 3.63) is 53.9 Å². The second-order valence-corrected chi connectivity index (χ2v) is 7.00. The fraction of sp³-hybridized carbons (Fsp3) is 0.278. The minimum absolute atomic E-state index is 0.0157. The summed E-state index contributed by atoms with van der Waals surface area (Å²) in [7, 11) is 0. The smallest absolute Gasteiger partial charge is 0.254 e. The molecule has 3 heterocycles. The van der Waals surface area contributed by atoms with Gasteiger partial charge in [0.2, 0.25) is 5.91 Å². The van der Waals surface area contributed by atoms with Gasteiger partial charge in [0.05, 0.1) is 17.5 Å². The second-order valence-electron chi connectivity index (χ2n) is 5.98. The van der Waals surface area contributed by atoms with Crippen LogP contribution in [0.3, 0.4) is 0 Å². The number of anilines is 1. The van der Waals surface area contributed by atoms with E-state index in [0.29, 0.717) is 11.3 Å². The second kappa shape index (κ2) is 6.28. The van der Waals surface area contributed by atoms with E-state index in [1.807, 2.05) is 29.2 Å². The van der Waals surface area contributed by atoms with Crippen LogP contribution in [0.4, 0.5) is 5.69 Å². The first kappa shape index (κ1) is 15.2. The number of benzene rings is 1. The number of hydrogen-bond acceptors (Lipinski definition) is 4. The van der Waals surface area contributed by atoms with Crippen molar-refractivity contribution < 1.29 is 9.59 Å². The van der Waals surface area contributed by atoms with Crippen LogP contribution in [0.1, 0.15) is 34.8 Å². The van der Waals surface area contributed by atoms with Crippen LogP contribution in [-0.2, 0) is 4.79 Å². The zero-order valence-electron chi connectivity index (χ0n) is 13.1. The molecule has 1 aromatic heterocycles. The number of carbonyl (C=O) groups is 2. The van der Waals surface area contributed by atoms with Crippen LogP contribution in [0.5, 0.6) is 0 Å². The number of likely N-dealkylation sites (tertiary alicyclic amines) is 1. The van der Waals surface area contributed by atoms with Crippen molar-refractivity contribution in [2.75, 3.05) is 17.6 Å². The third-order valence-electron chi connectivity index (χ3n) is 4.46. The number of aromatic nitrogens is 1. The topological polar surface area (TPSA) is 62.3 Å². The third-order valence-corrected chi connectivity index (χ3v) is 5.54. The number of thioether (sulfide) groups is 1. The molecule has 1 atom stereocenters. The molecule has 4 rings (SSSR count). The van der Waals surface area contributed by atoms with Crippen LogP contribution in [0.2, 0.25) is 0 Å². The summed E-state index contributed by atoms with van der Waals surface area (Å²) in [5.74, 6) is 0.422. The molecule has 0 saturated carbocycles. The Kier molecular flexibility index (Phi) is 3.98. The van der Waals surface area contributed by atoms with Gasteiger partial charge in [-0.1, -0.05) is 0 Å². The van der Waals surface area contributed by atoms with Gasteiger partial charge in [0.1, 0.15) is 0 Å². The van der Waals surface area contributed by atoms with E-state index in [1.165, 1.54) is 11.8 Å². The van der Waals surface area contributed by atoms with Crippen LogP contribution in [0.15, 0.2) is 47.6 Å². The number of hydrogen-bond donors (Lipinski definition) is 1. The Labute approximate surface area is 144 Å². The zero-order chi connectivity index (χ0) is 16.5. The predicted octanol–water partition coefficient (Wildman–Crippen LogP) is 3.10. The standard InChI is InChI=1S/C18H17N3O2S/c22-17-11-24-16-4-3-13(10-14(16)20-17)18(23)21-9-1-2-15(21)12-5-7-19-8-6-12/h3-8,10,15H,1-2,9,11H2,(H,20,22)/t15-/m0/s1. The van der Waals surface area contributed by atoms with Crippen LogP contribution >= 0.6 is 11.8 Å². The molecule has 5 nitrogen and oxygen atoms in total. The quantitative estimate of drug-likeness (QED) is 0.913. The number of pyridine rings is 1. The number of fused-ring (bicyclic) bond motifs is 1. The summed E-state index contributed by atoms with van der Waals surface area (Å²) < 4.78 is 0. The largest absolute Gasteiger partial charge is 0.332 e. The van der Waals surface area contributed by atoms with Crippen molar-refractivity contribution in [3.63, 3.8) is 0 Å². The van der Waals surface area contributed by atoms with Crippen molar-refractivity contribution >= 4 is 29.3 Å². The van der Waals surface area contributed by atoms with Gasteiger partial charge in [-0.15, -0.1) is 11.8 Å². The van der Waals surface area contributed by atoms with Gasteiger partial charge in [0.15, 0.2) is 0 Å². The highest BCUT2D eigenvalue weighted by Crippen LogP contribution is 2.35. The number of rotatable bonds is 2. The van der Waals surface area contributed by atoms with Crippen molar-refractivity contribution in [3.8, 4) is 0 Å². The Bertz CT molecular complexity index is 794. The SMILES string of the molecule is O=C1CSc2ccc(C(=O)N3CCC[C@H]3c3ccncc3)cc2N1. The van der Waals surface area contributed by atoms with E-state index in [-0.39, 0.29) is 17.9 Å². The van der Waals surface area contributed by atoms with Crippen molar-refractivity contribution in [2.45, 2.75) is 23.8 Å². The van der Waals surface area contributed by atoms with Gasteiger partial charge in [-0.05, 0) is 48.7 Å². The molecule has 1 aromatic carbocycles. The fourth-order valence-electron chi connectivity index (χ4n) is 3.32. The van der Waals surface area contributed by atoms with E-state index in [2.05, 4.69) is 10.3 Å². The van der Waals surface area contributed by atoms with Gasteiger partial charge in [0.25, 0.3) is 5.91 Å². The summed E-state index contributed by atoms with van der Waals surface area (Å²) in [6.07, 6.45) is 5.49. The normalized spacial score (nSPS) is 19.8. The number of nitrogens with zero attached hydrogens (tertiary/aromatic N) is 2. The molecule has 2 aromatic rings. The molecule has 1 fully saturated rings. The minimum atomic E-state index is -0.0204. The highest BCUT2D eigenvalue weighted by atomic mass is 32.2. The molecule has 0 spiro atoms. The average Bonchev–Trinajstić information content (AvgIpc) is 3.11. The summed E-state index contributed by atoms with van der Waals surface area (Å²) in [5.41, 5.74) is 2.48. The predicted molar refractivity (Wildman–Crippen MR) is 93.0 cm³/mol. The molecule has 1 N–H and O–H groups in total. The maximum Gasteiger partial charge on any atom is 0.254 e. The molecule has 122 valence electrons. The lowest BCUT2D eigenvalue weighted by Gasteiger charge is -2.26. The van der Waals surface area contributed by atoms with Crippen LogP contribution in [-0.4, -0.2) is 34.0 Å². The molecule has 24 heavy (non-hydrogen) atoms. The Balaban J connectivity index is 1.61. The summed E-state index contributed by atoms with van der Waals surface area (Å²) in [5, 5.41) is 2.85. The molecular formula is C18H17N3O2S. The summed E-state index contributed by atoms with van der Waals surface area (Å²) in [6.45, 7) is 0.754. The average molecular weight is 339 g/mol. The van der Waals surface area contributed by atoms with Crippen LogP contribution < -0.4 is 5.32 Å². The van der Waals surface area contributed by atoms with Crippen molar-refractivity contribution in [1.29, 1.82) is 0 Å². The molecule has 0 unspecified atom stereocenters. The van der Waals surface area contributed by atoms with Crippen LogP contribution in [0.25, 0.3) is 0 Å². The fourth-order valence-corrected chi connectivity index (χ4v) is 4.11. The van der Waals surface area contributed by atoms with Gasteiger partial charge in [-0.3, -0.25) is 14.6 Å². The summed E-state index contributed by atoms with van der Waals surface area (Å²) in [6, 6.07) is 9.61. The number of amides is 2. The van der Waals surface area contributed by atoms with Gasteiger partial charge < -0.3 is 10.2 Å². The lowest BCUT2D eigenvalue weighted by Crippen LogP contribution is -2.30. The highest BCUT2D eigenvalue weighted by molar-refractivity contribution is 8.00. The first-order valence-corrected chi connectivity index (χ1v) is 8.98. The minimum Gasteiger partial charge on any atom is -0.332 e. The molecule has 0 aliphatic carbocycles. The first-order valence-electron chi connectivity index (χ1n) is 8.00. The van der Waals surface area contributed by atoms with E-state index in [1.54, 1.807) is 18.5 Å². The Morgan fingerprint density at radius 3 is 2.92 bits per heavy atom. The van der Waals surface area contributed by atoms with Gasteiger partial charge in [-0.2, -0.15) is 0 Å². The Morgan fingerprint density at radius 1 is 1.25 bits per heavy atom. The maximum absolute atomic E-state index is 13.0. The maximum atomic E-state index is 13.0. The van der Waals surface area contributed by atoms with Gasteiger partial charge in [-0.25, -0.2) is 0 Å². The first-order chi connectivity index (χ1) is 11.7. The molecular weight excluding hydrogens is 322 g/mol. The van der Waals surface area contributed by atoms with E-state index in [0.717, 1.165) is 35.5 Å². The molecule has 2 aliphatic heterocycles. The van der Waals surface area contributed by atoms with Gasteiger partial charge in [0, 0.05) is 29.4 Å².